The largest absolute Gasteiger partial charge is 0.476 e. The van der Waals surface area contributed by atoms with E-state index >= 15 is 0 Å². The van der Waals surface area contributed by atoms with Gasteiger partial charge in [-0.2, -0.15) is 0 Å². The van der Waals surface area contributed by atoms with Crippen molar-refractivity contribution in [2.24, 2.45) is 0 Å². The summed E-state index contributed by atoms with van der Waals surface area (Å²) < 4.78 is 20.8. The van der Waals surface area contributed by atoms with E-state index in [1.54, 1.807) is 0 Å². The Balaban J connectivity index is 3.33. The Labute approximate surface area is 55.4 Å². The van der Waals surface area contributed by atoms with Gasteiger partial charge in [-0.05, 0) is 0 Å². The van der Waals surface area contributed by atoms with Crippen LogP contribution < -0.4 is 0 Å². The van der Waals surface area contributed by atoms with E-state index in [-0.39, 0.29) is 0 Å². The molecule has 0 aromatic carbocycles. The van der Waals surface area contributed by atoms with Gasteiger partial charge in [0.2, 0.25) is 0 Å². The molecule has 0 saturated heterocycles. The minimum absolute atomic E-state index is 0.495. The third kappa shape index (κ3) is 1.22. The molecule has 1 aromatic heterocycles. The summed E-state index contributed by atoms with van der Waals surface area (Å²) in [4.78, 5) is 16.7. The van der Waals surface area contributed by atoms with Gasteiger partial charge in [0.25, 0.3) is 0 Å². The van der Waals surface area contributed by atoms with E-state index in [9.17, 15) is 4.79 Å². The van der Waals surface area contributed by atoms with Crippen molar-refractivity contribution < 1.29 is 14.0 Å². The zero-order valence-electron chi connectivity index (χ0n) is 7.25. The van der Waals surface area contributed by atoms with Crippen molar-refractivity contribution >= 4 is 5.97 Å². The van der Waals surface area contributed by atoms with Crippen LogP contribution in [-0.4, -0.2) is 21.0 Å². The molecule has 0 radical (unpaired) electrons. The van der Waals surface area contributed by atoms with Gasteiger partial charge in [0.15, 0.2) is 5.69 Å². The van der Waals surface area contributed by atoms with Crippen molar-refractivity contribution in [3.8, 4) is 0 Å². The van der Waals surface area contributed by atoms with E-state index in [0.717, 1.165) is 0 Å². The van der Waals surface area contributed by atoms with Crippen LogP contribution in [0.5, 0.6) is 0 Å². The number of carbonyl (C=O) groups is 1. The summed E-state index contributed by atoms with van der Waals surface area (Å²) in [6.45, 7) is 0. The summed E-state index contributed by atoms with van der Waals surface area (Å²) >= 11 is 0. The van der Waals surface area contributed by atoms with E-state index in [1.807, 2.05) is 0 Å². The summed E-state index contributed by atoms with van der Waals surface area (Å²) in [7, 11) is 0. The van der Waals surface area contributed by atoms with Gasteiger partial charge in [0.05, 0.1) is 10.3 Å². The maximum Gasteiger partial charge on any atom is 0.356 e. The molecule has 0 aliphatic rings. The van der Waals surface area contributed by atoms with Crippen LogP contribution in [0.3, 0.4) is 0 Å². The van der Waals surface area contributed by atoms with E-state index < -0.39 is 30.2 Å². The Morgan fingerprint density at radius 1 is 1.78 bits per heavy atom. The first-order chi connectivity index (χ1) is 5.52. The fourth-order valence-electron chi connectivity index (χ4n) is 0.307. The van der Waals surface area contributed by atoms with E-state index in [1.165, 1.54) is 0 Å². The molecule has 4 nitrogen and oxygen atoms in total. The lowest BCUT2D eigenvalue weighted by Crippen LogP contribution is -1.99. The number of carboxylic acids is 1. The second kappa shape index (κ2) is 2.21. The Morgan fingerprint density at radius 2 is 2.56 bits per heavy atom. The number of nitrogens with zero attached hydrogens (tertiary/aromatic N) is 2. The minimum atomic E-state index is -1.42. The molecule has 1 heterocycles. The van der Waals surface area contributed by atoms with Crippen LogP contribution in [0.25, 0.3) is 0 Å². The summed E-state index contributed by atoms with van der Waals surface area (Å²) in [6, 6.07) is 0. The van der Waals surface area contributed by atoms with Gasteiger partial charge in [0, 0.05) is 12.3 Å². The predicted molar refractivity (Wildman–Crippen MR) is 29.0 cm³/mol. The highest BCUT2D eigenvalue weighted by atomic mass is 16.4. The normalized spacial score (nSPS) is 13.6. The zero-order valence-corrected chi connectivity index (χ0v) is 4.25. The second-order valence-electron chi connectivity index (χ2n) is 1.21. The van der Waals surface area contributed by atoms with Crippen LogP contribution >= 0.6 is 0 Å². The molecule has 9 heavy (non-hydrogen) atoms. The molecule has 1 N–H and O–H groups in total. The molecule has 0 spiro atoms. The number of rotatable bonds is 1. The highest BCUT2D eigenvalue weighted by Crippen LogP contribution is 1.86. The van der Waals surface area contributed by atoms with Crippen molar-refractivity contribution in [3.05, 3.63) is 24.2 Å². The summed E-state index contributed by atoms with van der Waals surface area (Å²) in [5, 5.41) is 8.41. The van der Waals surface area contributed by atoms with Gasteiger partial charge in [-0.3, -0.25) is 4.98 Å². The van der Waals surface area contributed by atoms with Crippen molar-refractivity contribution in [1.82, 2.24) is 9.97 Å². The highest BCUT2D eigenvalue weighted by molar-refractivity contribution is 5.84. The third-order valence-electron chi connectivity index (χ3n) is 0.638. The average Bonchev–Trinajstić information content (AvgIpc) is 1.96. The van der Waals surface area contributed by atoms with Gasteiger partial charge >= 0.3 is 5.97 Å². The Bertz CT molecular complexity index is 342. The number of hydrogen-bond donors (Lipinski definition) is 1. The monoisotopic (exact) mass is 127 g/mol. The summed E-state index contributed by atoms with van der Waals surface area (Å²) in [5.74, 6) is -1.42. The molecule has 0 saturated carbocycles. The maximum absolute atomic E-state index is 10.3. The van der Waals surface area contributed by atoms with E-state index in [2.05, 4.69) is 9.97 Å². The lowest BCUT2D eigenvalue weighted by atomic mass is 10.5. The number of carboxylic acid groups (broad SMARTS) is 1. The van der Waals surface area contributed by atoms with E-state index in [0.29, 0.717) is 0 Å². The first kappa shape index (κ1) is 2.91. The van der Waals surface area contributed by atoms with Gasteiger partial charge in [-0.25, -0.2) is 9.78 Å². The fraction of sp³-hybridized carbons (Fsp3) is 0. The second-order valence-corrected chi connectivity index (χ2v) is 1.21. The van der Waals surface area contributed by atoms with Gasteiger partial charge in [0.1, 0.15) is 0 Å². The number of hydrogen-bond acceptors (Lipinski definition) is 3. The molecule has 0 fully saturated rings. The first-order valence-electron chi connectivity index (χ1n) is 3.57. The maximum atomic E-state index is 10.3. The SMILES string of the molecule is [2H]c1nc([2H])c(C(=O)O)nc1[2H]. The average molecular weight is 127 g/mol. The van der Waals surface area contributed by atoms with Crippen molar-refractivity contribution in [2.75, 3.05) is 0 Å². The fourth-order valence-corrected chi connectivity index (χ4v) is 0.307. The van der Waals surface area contributed by atoms with Crippen LogP contribution in [0.2, 0.25) is 0 Å². The molecule has 0 aliphatic carbocycles. The number of aromatic nitrogens is 2. The van der Waals surface area contributed by atoms with Gasteiger partial charge in [-0.1, -0.05) is 0 Å². The van der Waals surface area contributed by atoms with Crippen LogP contribution in [-0.2, 0) is 0 Å². The highest BCUT2D eigenvalue weighted by Gasteiger charge is 2.00. The molecular weight excluding hydrogens is 120 g/mol. The molecule has 46 valence electrons. The number of aromatic carboxylic acids is 1. The smallest absolute Gasteiger partial charge is 0.356 e. The summed E-state index contributed by atoms with van der Waals surface area (Å²) in [5.41, 5.74) is -0.601. The molecule has 4 heteroatoms. The van der Waals surface area contributed by atoms with Crippen LogP contribution in [0.4, 0.5) is 0 Å². The zero-order chi connectivity index (χ0) is 9.30. The van der Waals surface area contributed by atoms with E-state index in [4.69, 9.17) is 9.22 Å². The lowest BCUT2D eigenvalue weighted by molar-refractivity contribution is 0.0690. The Morgan fingerprint density at radius 3 is 3.22 bits per heavy atom. The molecule has 0 amide bonds. The topological polar surface area (TPSA) is 63.1 Å². The third-order valence-corrected chi connectivity index (χ3v) is 0.638. The molecule has 0 aliphatic heterocycles. The quantitative estimate of drug-likeness (QED) is 0.584. The minimum Gasteiger partial charge on any atom is -0.476 e. The summed E-state index contributed by atoms with van der Waals surface area (Å²) in [6.07, 6.45) is -1.63. The molecule has 1 rings (SSSR count). The van der Waals surface area contributed by atoms with Crippen LogP contribution in [0.1, 0.15) is 14.6 Å². The predicted octanol–water partition coefficient (Wildman–Crippen LogP) is 0.175. The van der Waals surface area contributed by atoms with Gasteiger partial charge < -0.3 is 5.11 Å². The molecule has 0 unspecified atom stereocenters. The molecule has 0 atom stereocenters. The Hall–Kier alpha value is -1.45. The lowest BCUT2D eigenvalue weighted by Gasteiger charge is -1.86. The van der Waals surface area contributed by atoms with Crippen LogP contribution in [0.15, 0.2) is 18.5 Å². The molecular formula is C5H4N2O2. The van der Waals surface area contributed by atoms with Crippen molar-refractivity contribution in [2.45, 2.75) is 0 Å². The van der Waals surface area contributed by atoms with Crippen LogP contribution in [0, 0.1) is 0 Å². The Kier molecular flexibility index (Phi) is 0.715. The molecule has 1 aromatic rings. The van der Waals surface area contributed by atoms with Crippen molar-refractivity contribution in [1.29, 1.82) is 0 Å². The standard InChI is InChI=1S/C5H4N2O2/c8-5(9)4-3-6-1-2-7-4/h1-3H,(H,8,9)/i1D,2D,3D. The first-order valence-corrected chi connectivity index (χ1v) is 2.07. The molecule has 0 bridgehead atoms. The van der Waals surface area contributed by atoms with Crippen molar-refractivity contribution in [3.63, 3.8) is 0 Å². The van der Waals surface area contributed by atoms with Gasteiger partial charge in [-0.15, -0.1) is 0 Å².